The number of methoxy groups -OCH3 is 1. The molecule has 1 atom stereocenters. The molecule has 1 aliphatic carbocycles. The van der Waals surface area contributed by atoms with E-state index in [1.54, 1.807) is 18.9 Å². The van der Waals surface area contributed by atoms with E-state index < -0.39 is 11.4 Å². The van der Waals surface area contributed by atoms with Gasteiger partial charge in [0.05, 0.1) is 12.5 Å². The van der Waals surface area contributed by atoms with Crippen LogP contribution in [0.5, 0.6) is 5.75 Å². The Kier molecular flexibility index (Phi) is 5.12. The van der Waals surface area contributed by atoms with Crippen LogP contribution in [-0.4, -0.2) is 48.8 Å². The van der Waals surface area contributed by atoms with Crippen molar-refractivity contribution in [2.24, 2.45) is 5.41 Å². The smallest absolute Gasteiger partial charge is 0.317 e. The molecule has 1 saturated heterocycles. The number of hydrogen-bond donors (Lipinski definition) is 2. The first-order valence-electron chi connectivity index (χ1n) is 9.29. The van der Waals surface area contributed by atoms with Crippen LogP contribution in [0.2, 0.25) is 0 Å². The van der Waals surface area contributed by atoms with Gasteiger partial charge in [-0.25, -0.2) is 4.79 Å². The van der Waals surface area contributed by atoms with Crippen LogP contribution in [0.25, 0.3) is 0 Å². The second kappa shape index (κ2) is 7.17. The van der Waals surface area contributed by atoms with E-state index in [9.17, 15) is 14.7 Å². The van der Waals surface area contributed by atoms with Crippen molar-refractivity contribution in [2.75, 3.05) is 26.7 Å². The number of urea groups is 1. The Morgan fingerprint density at radius 1 is 1.27 bits per heavy atom. The number of likely N-dealkylation sites (tertiary alicyclic amines) is 1. The summed E-state index contributed by atoms with van der Waals surface area (Å²) in [6, 6.07) is 7.94. The summed E-state index contributed by atoms with van der Waals surface area (Å²) in [5, 5.41) is 12.4. The van der Waals surface area contributed by atoms with E-state index in [0.717, 1.165) is 31.4 Å². The van der Waals surface area contributed by atoms with Gasteiger partial charge in [0.15, 0.2) is 0 Å². The van der Waals surface area contributed by atoms with E-state index in [0.29, 0.717) is 19.5 Å². The zero-order chi connectivity index (χ0) is 18.8. The van der Waals surface area contributed by atoms with E-state index in [1.165, 1.54) is 5.56 Å². The first-order valence-corrected chi connectivity index (χ1v) is 9.29. The lowest BCUT2D eigenvalue weighted by atomic mass is 9.78. The molecule has 2 aliphatic rings. The van der Waals surface area contributed by atoms with Crippen LogP contribution in [0.4, 0.5) is 4.79 Å². The maximum Gasteiger partial charge on any atom is 0.317 e. The van der Waals surface area contributed by atoms with Gasteiger partial charge in [0.2, 0.25) is 0 Å². The molecule has 0 bridgehead atoms. The Hall–Kier alpha value is -2.24. The number of nitrogens with zero attached hydrogens (tertiary/aromatic N) is 1. The SMILES string of the molecule is COc1cccc(C2(CNC(=O)N3CCC(C)(C(=O)O)C3)CCCC2)c1. The van der Waals surface area contributed by atoms with Gasteiger partial charge in [-0.1, -0.05) is 25.0 Å². The quantitative estimate of drug-likeness (QED) is 0.846. The minimum Gasteiger partial charge on any atom is -0.497 e. The van der Waals surface area contributed by atoms with Gasteiger partial charge < -0.3 is 20.1 Å². The Morgan fingerprint density at radius 3 is 2.62 bits per heavy atom. The molecule has 1 aliphatic heterocycles. The molecule has 2 N–H and O–H groups in total. The van der Waals surface area contributed by atoms with E-state index in [-0.39, 0.29) is 18.0 Å². The molecule has 26 heavy (non-hydrogen) atoms. The van der Waals surface area contributed by atoms with Gasteiger partial charge in [0, 0.05) is 25.0 Å². The van der Waals surface area contributed by atoms with Gasteiger partial charge in [-0.05, 0) is 43.9 Å². The molecular formula is C20H28N2O4. The number of aliphatic carboxylic acids is 1. The summed E-state index contributed by atoms with van der Waals surface area (Å²) in [5.41, 5.74) is 0.293. The lowest BCUT2D eigenvalue weighted by molar-refractivity contribution is -0.147. The Labute approximate surface area is 154 Å². The van der Waals surface area contributed by atoms with Crippen LogP contribution >= 0.6 is 0 Å². The number of ether oxygens (including phenoxy) is 1. The summed E-state index contributed by atoms with van der Waals surface area (Å²) >= 11 is 0. The number of carbonyl (C=O) groups is 2. The number of carboxylic acid groups (broad SMARTS) is 1. The highest BCUT2D eigenvalue weighted by Crippen LogP contribution is 2.41. The number of carboxylic acids is 1. The van der Waals surface area contributed by atoms with Crippen molar-refractivity contribution in [1.82, 2.24) is 10.2 Å². The molecule has 2 amide bonds. The van der Waals surface area contributed by atoms with E-state index in [2.05, 4.69) is 17.4 Å². The zero-order valence-electron chi connectivity index (χ0n) is 15.6. The minimum absolute atomic E-state index is 0.0694. The van der Waals surface area contributed by atoms with Gasteiger partial charge in [0.1, 0.15) is 5.75 Å². The molecule has 1 saturated carbocycles. The highest BCUT2D eigenvalue weighted by molar-refractivity contribution is 5.79. The number of rotatable bonds is 5. The fourth-order valence-electron chi connectivity index (χ4n) is 4.24. The monoisotopic (exact) mass is 360 g/mol. The summed E-state index contributed by atoms with van der Waals surface area (Å²) in [7, 11) is 1.66. The average Bonchev–Trinajstić information content (AvgIpc) is 3.28. The molecular weight excluding hydrogens is 332 g/mol. The Bertz CT molecular complexity index is 684. The molecule has 0 aromatic heterocycles. The van der Waals surface area contributed by atoms with Crippen molar-refractivity contribution in [2.45, 2.75) is 44.4 Å². The number of hydrogen-bond acceptors (Lipinski definition) is 3. The number of benzene rings is 1. The molecule has 0 radical (unpaired) electrons. The van der Waals surface area contributed by atoms with Crippen molar-refractivity contribution in [3.05, 3.63) is 29.8 Å². The lowest BCUT2D eigenvalue weighted by Crippen LogP contribution is -2.46. The van der Waals surface area contributed by atoms with Crippen molar-refractivity contribution in [1.29, 1.82) is 0 Å². The molecule has 2 fully saturated rings. The maximum atomic E-state index is 12.6. The first-order chi connectivity index (χ1) is 12.4. The molecule has 0 spiro atoms. The zero-order valence-corrected chi connectivity index (χ0v) is 15.6. The summed E-state index contributed by atoms with van der Waals surface area (Å²) in [6.07, 6.45) is 4.86. The van der Waals surface area contributed by atoms with Crippen molar-refractivity contribution >= 4 is 12.0 Å². The standard InChI is InChI=1S/C20H28N2O4/c1-19(17(23)24)10-11-22(14-19)18(25)21-13-20(8-3-4-9-20)15-6-5-7-16(12-15)26-2/h5-7,12H,3-4,8-11,13-14H2,1-2H3,(H,21,25)(H,23,24). The third-order valence-corrected chi connectivity index (χ3v) is 6.10. The number of nitrogens with one attached hydrogen (secondary N) is 1. The molecule has 142 valence electrons. The molecule has 6 heteroatoms. The van der Waals surface area contributed by atoms with E-state index >= 15 is 0 Å². The predicted molar refractivity (Wildman–Crippen MR) is 98.5 cm³/mol. The molecule has 1 aromatic rings. The van der Waals surface area contributed by atoms with E-state index in [4.69, 9.17) is 4.74 Å². The van der Waals surface area contributed by atoms with Crippen LogP contribution in [0.3, 0.4) is 0 Å². The molecule has 1 heterocycles. The number of carbonyl (C=O) groups excluding carboxylic acids is 1. The molecule has 6 nitrogen and oxygen atoms in total. The van der Waals surface area contributed by atoms with Gasteiger partial charge in [0.25, 0.3) is 0 Å². The highest BCUT2D eigenvalue weighted by atomic mass is 16.5. The van der Waals surface area contributed by atoms with Crippen molar-refractivity contribution in [3.63, 3.8) is 0 Å². The van der Waals surface area contributed by atoms with Crippen LogP contribution < -0.4 is 10.1 Å². The summed E-state index contributed by atoms with van der Waals surface area (Å²) in [6.45, 7) is 3.03. The number of amides is 2. The molecule has 1 aromatic carbocycles. The summed E-state index contributed by atoms with van der Waals surface area (Å²) in [5.74, 6) is -0.00619. The summed E-state index contributed by atoms with van der Waals surface area (Å²) < 4.78 is 5.36. The van der Waals surface area contributed by atoms with Crippen molar-refractivity contribution < 1.29 is 19.4 Å². The largest absolute Gasteiger partial charge is 0.497 e. The van der Waals surface area contributed by atoms with Gasteiger partial charge in [-0.3, -0.25) is 4.79 Å². The van der Waals surface area contributed by atoms with Crippen LogP contribution in [-0.2, 0) is 10.2 Å². The normalized spacial score (nSPS) is 24.5. The lowest BCUT2D eigenvalue weighted by Gasteiger charge is -2.31. The Morgan fingerprint density at radius 2 is 2.00 bits per heavy atom. The van der Waals surface area contributed by atoms with Gasteiger partial charge in [-0.2, -0.15) is 0 Å². The molecule has 1 unspecified atom stereocenters. The summed E-state index contributed by atoms with van der Waals surface area (Å²) in [4.78, 5) is 25.6. The predicted octanol–water partition coefficient (Wildman–Crippen LogP) is 3.01. The minimum atomic E-state index is -0.838. The first kappa shape index (κ1) is 18.5. The fraction of sp³-hybridized carbons (Fsp3) is 0.600. The third-order valence-electron chi connectivity index (χ3n) is 6.10. The van der Waals surface area contributed by atoms with Gasteiger partial charge in [-0.15, -0.1) is 0 Å². The van der Waals surface area contributed by atoms with Crippen LogP contribution in [0, 0.1) is 5.41 Å². The maximum absolute atomic E-state index is 12.6. The van der Waals surface area contributed by atoms with Crippen LogP contribution in [0.1, 0.15) is 44.6 Å². The highest BCUT2D eigenvalue weighted by Gasteiger charge is 2.43. The average molecular weight is 360 g/mol. The van der Waals surface area contributed by atoms with E-state index in [1.807, 2.05) is 12.1 Å². The molecule has 3 rings (SSSR count). The third kappa shape index (κ3) is 3.50. The fourth-order valence-corrected chi connectivity index (χ4v) is 4.24. The second-order valence-electron chi connectivity index (χ2n) is 7.92. The van der Waals surface area contributed by atoms with Crippen LogP contribution in [0.15, 0.2) is 24.3 Å². The van der Waals surface area contributed by atoms with Gasteiger partial charge >= 0.3 is 12.0 Å². The van der Waals surface area contributed by atoms with Crippen molar-refractivity contribution in [3.8, 4) is 5.75 Å². The second-order valence-corrected chi connectivity index (χ2v) is 7.92. The Balaban J connectivity index is 1.68. The topological polar surface area (TPSA) is 78.9 Å².